The zero-order valence-electron chi connectivity index (χ0n) is 12.3. The Labute approximate surface area is 150 Å². The third-order valence-electron chi connectivity index (χ3n) is 3.34. The average Bonchev–Trinajstić information content (AvgIpc) is 3.08. The first-order chi connectivity index (χ1) is 11.0. The summed E-state index contributed by atoms with van der Waals surface area (Å²) < 4.78 is 6.19. The fourth-order valence-electron chi connectivity index (χ4n) is 2.16. The van der Waals surface area contributed by atoms with Crippen molar-refractivity contribution in [3.05, 3.63) is 56.0 Å². The van der Waals surface area contributed by atoms with Crippen molar-refractivity contribution in [3.63, 3.8) is 0 Å². The normalized spacial score (nSPS) is 10.8. The van der Waals surface area contributed by atoms with Crippen LogP contribution in [0.1, 0.15) is 21.7 Å². The molecule has 118 valence electrons. The molecule has 0 saturated heterocycles. The van der Waals surface area contributed by atoms with E-state index in [-0.39, 0.29) is 5.91 Å². The maximum Gasteiger partial charge on any atom is 0.261 e. The summed E-state index contributed by atoms with van der Waals surface area (Å²) >= 11 is 10.9. The minimum Gasteiger partial charge on any atom is -0.360 e. The SMILES string of the molecule is Cc1ccc(Cl)cc1NC(=O)c1c(-c2ccc(Br)s2)noc1C. The van der Waals surface area contributed by atoms with Gasteiger partial charge in [-0.15, -0.1) is 11.3 Å². The van der Waals surface area contributed by atoms with Crippen LogP contribution >= 0.6 is 38.9 Å². The molecule has 0 aliphatic carbocycles. The molecule has 4 nitrogen and oxygen atoms in total. The topological polar surface area (TPSA) is 55.1 Å². The van der Waals surface area contributed by atoms with E-state index in [9.17, 15) is 4.79 Å². The van der Waals surface area contributed by atoms with E-state index in [0.717, 1.165) is 14.2 Å². The number of hydrogen-bond acceptors (Lipinski definition) is 4. The Kier molecular flexibility index (Phi) is 4.57. The quantitative estimate of drug-likeness (QED) is 0.602. The monoisotopic (exact) mass is 410 g/mol. The van der Waals surface area contributed by atoms with Crippen LogP contribution in [0.3, 0.4) is 0 Å². The van der Waals surface area contributed by atoms with E-state index in [1.807, 2.05) is 25.1 Å². The summed E-state index contributed by atoms with van der Waals surface area (Å²) in [5, 5.41) is 7.48. The molecule has 0 aliphatic heterocycles. The first kappa shape index (κ1) is 16.2. The van der Waals surface area contributed by atoms with Crippen molar-refractivity contribution in [3.8, 4) is 10.6 Å². The first-order valence-electron chi connectivity index (χ1n) is 6.75. The fraction of sp³-hybridized carbons (Fsp3) is 0.125. The molecule has 3 aromatic rings. The second kappa shape index (κ2) is 6.47. The van der Waals surface area contributed by atoms with Gasteiger partial charge in [-0.05, 0) is 59.6 Å². The zero-order valence-corrected chi connectivity index (χ0v) is 15.5. The first-order valence-corrected chi connectivity index (χ1v) is 8.74. The van der Waals surface area contributed by atoms with Gasteiger partial charge >= 0.3 is 0 Å². The van der Waals surface area contributed by atoms with E-state index in [4.69, 9.17) is 16.1 Å². The molecule has 0 atom stereocenters. The highest BCUT2D eigenvalue weighted by Gasteiger charge is 2.23. The van der Waals surface area contributed by atoms with Crippen molar-refractivity contribution in [2.45, 2.75) is 13.8 Å². The summed E-state index contributed by atoms with van der Waals surface area (Å²) in [5.41, 5.74) is 2.56. The van der Waals surface area contributed by atoms with E-state index >= 15 is 0 Å². The van der Waals surface area contributed by atoms with Crippen LogP contribution in [0, 0.1) is 13.8 Å². The highest BCUT2D eigenvalue weighted by molar-refractivity contribution is 9.11. The Balaban J connectivity index is 1.97. The summed E-state index contributed by atoms with van der Waals surface area (Å²) in [4.78, 5) is 13.6. The van der Waals surface area contributed by atoms with E-state index in [0.29, 0.717) is 27.7 Å². The van der Waals surface area contributed by atoms with Crippen LogP contribution in [0.5, 0.6) is 0 Å². The Bertz CT molecular complexity index is 888. The van der Waals surface area contributed by atoms with E-state index < -0.39 is 0 Å². The predicted octanol–water partition coefficient (Wildman–Crippen LogP) is 5.69. The summed E-state index contributed by atoms with van der Waals surface area (Å²) in [6, 6.07) is 9.17. The molecule has 0 unspecified atom stereocenters. The van der Waals surface area contributed by atoms with E-state index in [1.165, 1.54) is 11.3 Å². The summed E-state index contributed by atoms with van der Waals surface area (Å²) in [6.07, 6.45) is 0. The number of rotatable bonds is 3. The lowest BCUT2D eigenvalue weighted by Crippen LogP contribution is -2.14. The number of hydrogen-bond donors (Lipinski definition) is 1. The van der Waals surface area contributed by atoms with Crippen LogP contribution in [0.2, 0.25) is 5.02 Å². The summed E-state index contributed by atoms with van der Waals surface area (Å²) in [5.74, 6) is 0.204. The number of nitrogens with one attached hydrogen (secondary N) is 1. The van der Waals surface area contributed by atoms with Gasteiger partial charge in [-0.1, -0.05) is 22.8 Å². The van der Waals surface area contributed by atoms with Gasteiger partial charge in [0.1, 0.15) is 17.0 Å². The lowest BCUT2D eigenvalue weighted by Gasteiger charge is -2.08. The predicted molar refractivity (Wildman–Crippen MR) is 96.4 cm³/mol. The van der Waals surface area contributed by atoms with Gasteiger partial charge in [0.25, 0.3) is 5.91 Å². The lowest BCUT2D eigenvalue weighted by molar-refractivity contribution is 0.102. The van der Waals surface area contributed by atoms with Crippen molar-refractivity contribution >= 4 is 50.5 Å². The van der Waals surface area contributed by atoms with Crippen molar-refractivity contribution in [1.82, 2.24) is 5.16 Å². The Morgan fingerprint density at radius 1 is 1.30 bits per heavy atom. The molecule has 0 bridgehead atoms. The maximum atomic E-state index is 12.7. The highest BCUT2D eigenvalue weighted by atomic mass is 79.9. The number of aryl methyl sites for hydroxylation is 2. The van der Waals surface area contributed by atoms with Crippen molar-refractivity contribution in [1.29, 1.82) is 0 Å². The Morgan fingerprint density at radius 3 is 2.78 bits per heavy atom. The molecule has 2 heterocycles. The van der Waals surface area contributed by atoms with Gasteiger partial charge in [-0.25, -0.2) is 0 Å². The maximum absolute atomic E-state index is 12.7. The van der Waals surface area contributed by atoms with Gasteiger partial charge in [-0.2, -0.15) is 0 Å². The van der Waals surface area contributed by atoms with Gasteiger partial charge in [0.2, 0.25) is 0 Å². The smallest absolute Gasteiger partial charge is 0.261 e. The van der Waals surface area contributed by atoms with Gasteiger partial charge in [-0.3, -0.25) is 4.79 Å². The number of thiophene rings is 1. The number of anilines is 1. The number of carbonyl (C=O) groups is 1. The highest BCUT2D eigenvalue weighted by Crippen LogP contribution is 2.34. The lowest BCUT2D eigenvalue weighted by atomic mass is 10.1. The van der Waals surface area contributed by atoms with Gasteiger partial charge in [0, 0.05) is 10.7 Å². The molecule has 1 amide bonds. The Hall–Kier alpha value is -1.63. The molecular weight excluding hydrogens is 400 g/mol. The third kappa shape index (κ3) is 3.34. The number of halogens is 2. The fourth-order valence-corrected chi connectivity index (χ4v) is 3.71. The molecule has 3 rings (SSSR count). The second-order valence-corrected chi connectivity index (χ2v) is 7.88. The molecule has 0 fully saturated rings. The second-order valence-electron chi connectivity index (χ2n) is 4.98. The minimum absolute atomic E-state index is 0.270. The van der Waals surface area contributed by atoms with Gasteiger partial charge < -0.3 is 9.84 Å². The summed E-state index contributed by atoms with van der Waals surface area (Å²) in [7, 11) is 0. The molecule has 0 radical (unpaired) electrons. The van der Waals surface area contributed by atoms with Crippen LogP contribution < -0.4 is 5.32 Å². The van der Waals surface area contributed by atoms with E-state index in [2.05, 4.69) is 26.4 Å². The van der Waals surface area contributed by atoms with Gasteiger partial charge in [0.05, 0.1) is 8.66 Å². The van der Waals surface area contributed by atoms with E-state index in [1.54, 1.807) is 19.1 Å². The number of nitrogens with zero attached hydrogens (tertiary/aromatic N) is 1. The van der Waals surface area contributed by atoms with Crippen LogP contribution in [0.15, 0.2) is 38.6 Å². The van der Waals surface area contributed by atoms with Crippen LogP contribution in [0.4, 0.5) is 5.69 Å². The number of carbonyl (C=O) groups excluding carboxylic acids is 1. The van der Waals surface area contributed by atoms with Crippen molar-refractivity contribution in [2.24, 2.45) is 0 Å². The molecule has 23 heavy (non-hydrogen) atoms. The van der Waals surface area contributed by atoms with Crippen LogP contribution in [0.25, 0.3) is 10.6 Å². The minimum atomic E-state index is -0.270. The molecule has 0 aliphatic rings. The standard InChI is InChI=1S/C16H12BrClN2O2S/c1-8-3-4-10(18)7-11(8)19-16(21)14-9(2)22-20-15(14)12-5-6-13(17)23-12/h3-7H,1-2H3,(H,19,21). The van der Waals surface area contributed by atoms with Crippen LogP contribution in [-0.4, -0.2) is 11.1 Å². The molecule has 0 saturated carbocycles. The average molecular weight is 412 g/mol. The van der Waals surface area contributed by atoms with Crippen molar-refractivity contribution in [2.75, 3.05) is 5.32 Å². The number of amides is 1. The molecule has 2 aromatic heterocycles. The van der Waals surface area contributed by atoms with Crippen LogP contribution in [-0.2, 0) is 0 Å². The molecular formula is C16H12BrClN2O2S. The molecule has 7 heteroatoms. The third-order valence-corrected chi connectivity index (χ3v) is 5.21. The van der Waals surface area contributed by atoms with Crippen molar-refractivity contribution < 1.29 is 9.32 Å². The molecule has 0 spiro atoms. The number of benzene rings is 1. The number of aromatic nitrogens is 1. The molecule has 1 N–H and O–H groups in total. The van der Waals surface area contributed by atoms with Gasteiger partial charge in [0.15, 0.2) is 0 Å². The summed E-state index contributed by atoms with van der Waals surface area (Å²) in [6.45, 7) is 3.63. The largest absolute Gasteiger partial charge is 0.360 e. The Morgan fingerprint density at radius 2 is 2.09 bits per heavy atom. The zero-order chi connectivity index (χ0) is 16.6. The molecule has 1 aromatic carbocycles.